The van der Waals surface area contributed by atoms with Gasteiger partial charge < -0.3 is 4.74 Å². The zero-order valence-corrected chi connectivity index (χ0v) is 14.4. The van der Waals surface area contributed by atoms with Crippen molar-refractivity contribution >= 4 is 15.9 Å². The quantitative estimate of drug-likeness (QED) is 0.587. The standard InChI is InChI=1S/C17H31BrO/c1-3-6-15-9-11-17(13-18,12-10-15)19-16-8-5-4-7-14(16)2/h14-16H,3-13H2,1-2H3. The van der Waals surface area contributed by atoms with Crippen LogP contribution in [0.4, 0.5) is 0 Å². The molecule has 0 heterocycles. The summed E-state index contributed by atoms with van der Waals surface area (Å²) in [6.07, 6.45) is 14.0. The Bertz CT molecular complexity index is 258. The summed E-state index contributed by atoms with van der Waals surface area (Å²) in [5.74, 6) is 1.72. The van der Waals surface area contributed by atoms with Crippen LogP contribution in [0.25, 0.3) is 0 Å². The molecule has 0 spiro atoms. The van der Waals surface area contributed by atoms with Gasteiger partial charge in [0.1, 0.15) is 0 Å². The maximum atomic E-state index is 6.66. The molecule has 2 aliphatic rings. The summed E-state index contributed by atoms with van der Waals surface area (Å²) in [5, 5.41) is 1.03. The summed E-state index contributed by atoms with van der Waals surface area (Å²) in [6, 6.07) is 0. The number of halogens is 1. The molecule has 0 N–H and O–H groups in total. The molecule has 2 unspecified atom stereocenters. The highest BCUT2D eigenvalue weighted by Gasteiger charge is 2.38. The number of ether oxygens (including phenoxy) is 1. The van der Waals surface area contributed by atoms with E-state index in [0.717, 1.165) is 17.2 Å². The van der Waals surface area contributed by atoms with E-state index in [1.54, 1.807) is 0 Å². The van der Waals surface area contributed by atoms with Crippen molar-refractivity contribution in [3.05, 3.63) is 0 Å². The molecule has 2 atom stereocenters. The minimum absolute atomic E-state index is 0.153. The second-order valence-electron chi connectivity index (χ2n) is 6.97. The molecular weight excluding hydrogens is 300 g/mol. The molecule has 0 saturated heterocycles. The largest absolute Gasteiger partial charge is 0.371 e. The average Bonchev–Trinajstić information content (AvgIpc) is 2.44. The Morgan fingerprint density at radius 3 is 2.37 bits per heavy atom. The third-order valence-corrected chi connectivity index (χ3v) is 6.41. The fraction of sp³-hybridized carbons (Fsp3) is 1.00. The lowest BCUT2D eigenvalue weighted by atomic mass is 9.77. The third kappa shape index (κ3) is 4.20. The van der Waals surface area contributed by atoms with E-state index in [4.69, 9.17) is 4.74 Å². The second-order valence-corrected chi connectivity index (χ2v) is 7.53. The van der Waals surface area contributed by atoms with Crippen LogP contribution in [0.15, 0.2) is 0 Å². The van der Waals surface area contributed by atoms with E-state index in [1.165, 1.54) is 64.2 Å². The molecule has 0 bridgehead atoms. The van der Waals surface area contributed by atoms with Gasteiger partial charge in [0.2, 0.25) is 0 Å². The summed E-state index contributed by atoms with van der Waals surface area (Å²) in [5.41, 5.74) is 0.153. The van der Waals surface area contributed by atoms with Crippen LogP contribution in [-0.2, 0) is 4.74 Å². The van der Waals surface area contributed by atoms with Gasteiger partial charge in [0.25, 0.3) is 0 Å². The SMILES string of the molecule is CCCC1CCC(CBr)(OC2CCCCC2C)CC1. The molecule has 0 aliphatic heterocycles. The van der Waals surface area contributed by atoms with Crippen LogP contribution in [0.1, 0.15) is 78.1 Å². The van der Waals surface area contributed by atoms with E-state index in [-0.39, 0.29) is 5.60 Å². The highest BCUT2D eigenvalue weighted by Crippen LogP contribution is 2.41. The topological polar surface area (TPSA) is 9.23 Å². The van der Waals surface area contributed by atoms with Gasteiger partial charge >= 0.3 is 0 Å². The van der Waals surface area contributed by atoms with Gasteiger partial charge in [-0.05, 0) is 50.4 Å². The van der Waals surface area contributed by atoms with Gasteiger partial charge in [0.05, 0.1) is 11.7 Å². The van der Waals surface area contributed by atoms with Crippen molar-refractivity contribution in [3.63, 3.8) is 0 Å². The van der Waals surface area contributed by atoms with Gasteiger partial charge in [-0.25, -0.2) is 0 Å². The normalized spacial score (nSPS) is 40.3. The maximum Gasteiger partial charge on any atom is 0.0783 e. The Morgan fingerprint density at radius 2 is 1.79 bits per heavy atom. The van der Waals surface area contributed by atoms with Crippen LogP contribution in [0.2, 0.25) is 0 Å². The van der Waals surface area contributed by atoms with Crippen molar-refractivity contribution in [1.29, 1.82) is 0 Å². The molecule has 0 aromatic rings. The lowest BCUT2D eigenvalue weighted by molar-refractivity contribution is -0.131. The molecule has 2 rings (SSSR count). The molecule has 2 saturated carbocycles. The van der Waals surface area contributed by atoms with Gasteiger partial charge in [-0.1, -0.05) is 55.5 Å². The molecule has 0 amide bonds. The number of rotatable bonds is 5. The third-order valence-electron chi connectivity index (χ3n) is 5.39. The highest BCUT2D eigenvalue weighted by molar-refractivity contribution is 9.09. The average molecular weight is 331 g/mol. The highest BCUT2D eigenvalue weighted by atomic mass is 79.9. The van der Waals surface area contributed by atoms with Gasteiger partial charge in [-0.3, -0.25) is 0 Å². The predicted octanol–water partition coefficient (Wildman–Crippen LogP) is 5.71. The van der Waals surface area contributed by atoms with Gasteiger partial charge in [0.15, 0.2) is 0 Å². The first-order valence-corrected chi connectivity index (χ1v) is 9.55. The molecule has 1 nitrogen and oxygen atoms in total. The fourth-order valence-corrected chi connectivity index (χ4v) is 4.65. The van der Waals surface area contributed by atoms with Crippen LogP contribution in [0.5, 0.6) is 0 Å². The van der Waals surface area contributed by atoms with Crippen LogP contribution >= 0.6 is 15.9 Å². The molecule has 19 heavy (non-hydrogen) atoms. The van der Waals surface area contributed by atoms with Crippen molar-refractivity contribution < 1.29 is 4.74 Å². The molecule has 0 radical (unpaired) electrons. The lowest BCUT2D eigenvalue weighted by Crippen LogP contribution is -2.44. The van der Waals surface area contributed by atoms with Crippen LogP contribution in [0, 0.1) is 11.8 Å². The first kappa shape index (κ1) is 15.8. The van der Waals surface area contributed by atoms with E-state index in [9.17, 15) is 0 Å². The molecule has 2 aliphatic carbocycles. The Balaban J connectivity index is 1.88. The summed E-state index contributed by atoms with van der Waals surface area (Å²) in [7, 11) is 0. The van der Waals surface area contributed by atoms with E-state index in [1.807, 2.05) is 0 Å². The first-order chi connectivity index (χ1) is 9.19. The Labute approximate surface area is 128 Å². The zero-order valence-electron chi connectivity index (χ0n) is 12.8. The van der Waals surface area contributed by atoms with Crippen molar-refractivity contribution in [2.24, 2.45) is 11.8 Å². The van der Waals surface area contributed by atoms with Crippen molar-refractivity contribution in [3.8, 4) is 0 Å². The minimum atomic E-state index is 0.153. The lowest BCUT2D eigenvalue weighted by Gasteiger charge is -2.43. The minimum Gasteiger partial charge on any atom is -0.371 e. The van der Waals surface area contributed by atoms with Gasteiger partial charge in [-0.15, -0.1) is 0 Å². The van der Waals surface area contributed by atoms with E-state index in [0.29, 0.717) is 6.10 Å². The number of alkyl halides is 1. The smallest absolute Gasteiger partial charge is 0.0783 e. The van der Waals surface area contributed by atoms with Crippen molar-refractivity contribution in [2.75, 3.05) is 5.33 Å². The molecule has 2 heteroatoms. The zero-order chi connectivity index (χ0) is 13.7. The van der Waals surface area contributed by atoms with E-state index >= 15 is 0 Å². The van der Waals surface area contributed by atoms with E-state index < -0.39 is 0 Å². The molecular formula is C17H31BrO. The van der Waals surface area contributed by atoms with Crippen LogP contribution < -0.4 is 0 Å². The monoisotopic (exact) mass is 330 g/mol. The van der Waals surface area contributed by atoms with Crippen molar-refractivity contribution in [1.82, 2.24) is 0 Å². The number of hydrogen-bond acceptors (Lipinski definition) is 1. The number of hydrogen-bond donors (Lipinski definition) is 0. The Kier molecular flexibility index (Phi) is 6.20. The van der Waals surface area contributed by atoms with Crippen LogP contribution in [-0.4, -0.2) is 17.0 Å². The summed E-state index contributed by atoms with van der Waals surface area (Å²) < 4.78 is 6.66. The van der Waals surface area contributed by atoms with Gasteiger partial charge in [0, 0.05) is 5.33 Å². The second kappa shape index (κ2) is 7.45. The predicted molar refractivity (Wildman–Crippen MR) is 85.9 cm³/mol. The summed E-state index contributed by atoms with van der Waals surface area (Å²) in [4.78, 5) is 0. The fourth-order valence-electron chi connectivity index (χ4n) is 3.96. The molecule has 0 aromatic heterocycles. The summed E-state index contributed by atoms with van der Waals surface area (Å²) >= 11 is 3.75. The Hall–Kier alpha value is 0.440. The first-order valence-electron chi connectivity index (χ1n) is 8.43. The molecule has 0 aromatic carbocycles. The van der Waals surface area contributed by atoms with Crippen LogP contribution in [0.3, 0.4) is 0 Å². The van der Waals surface area contributed by atoms with Gasteiger partial charge in [-0.2, -0.15) is 0 Å². The maximum absolute atomic E-state index is 6.66. The molecule has 2 fully saturated rings. The molecule has 112 valence electrons. The van der Waals surface area contributed by atoms with Crippen molar-refractivity contribution in [2.45, 2.75) is 89.8 Å². The Morgan fingerprint density at radius 1 is 1.11 bits per heavy atom. The summed E-state index contributed by atoms with van der Waals surface area (Å²) in [6.45, 7) is 4.70. The van der Waals surface area contributed by atoms with E-state index in [2.05, 4.69) is 29.8 Å².